The van der Waals surface area contributed by atoms with E-state index in [4.69, 9.17) is 10.5 Å². The molecule has 0 atom stereocenters. The summed E-state index contributed by atoms with van der Waals surface area (Å²) in [5.41, 5.74) is 6.32. The molecule has 2 N–H and O–H groups in total. The Balaban J connectivity index is 1.99. The minimum Gasteiger partial charge on any atom is -0.481 e. The van der Waals surface area contributed by atoms with Crippen LogP contribution in [-0.2, 0) is 4.79 Å². The summed E-state index contributed by atoms with van der Waals surface area (Å²) >= 11 is 6.74. The first-order valence-corrected chi connectivity index (χ1v) is 7.31. The highest BCUT2D eigenvalue weighted by Crippen LogP contribution is 2.35. The average Bonchev–Trinajstić information content (AvgIpc) is 2.80. The molecule has 0 spiro atoms. The van der Waals surface area contributed by atoms with Crippen LogP contribution in [0.15, 0.2) is 21.1 Å². The van der Waals surface area contributed by atoms with Crippen molar-refractivity contribution in [1.82, 2.24) is 4.90 Å². The van der Waals surface area contributed by atoms with Crippen LogP contribution in [-0.4, -0.2) is 30.5 Å². The van der Waals surface area contributed by atoms with Crippen LogP contribution >= 0.6 is 31.9 Å². The molecule has 1 fully saturated rings. The number of rotatable bonds is 3. The first kappa shape index (κ1) is 13.7. The maximum Gasteiger partial charge on any atom is 0.260 e. The Hall–Kier alpha value is -0.750. The number of carbonyl (C=O) groups excluding carboxylic acids is 1. The molecule has 1 aliphatic rings. The molecule has 1 aliphatic heterocycles. The van der Waals surface area contributed by atoms with E-state index >= 15 is 0 Å². The van der Waals surface area contributed by atoms with E-state index in [1.54, 1.807) is 12.1 Å². The number of likely N-dealkylation sites (tertiary alicyclic amines) is 1. The number of hydrogen-bond acceptors (Lipinski definition) is 3. The summed E-state index contributed by atoms with van der Waals surface area (Å²) in [7, 11) is 0. The van der Waals surface area contributed by atoms with Crippen molar-refractivity contribution in [1.29, 1.82) is 0 Å². The number of nitrogen functional groups attached to an aromatic ring is 1. The molecule has 0 bridgehead atoms. The first-order chi connectivity index (χ1) is 8.58. The van der Waals surface area contributed by atoms with Gasteiger partial charge in [0.2, 0.25) is 0 Å². The lowest BCUT2D eigenvalue weighted by molar-refractivity contribution is -0.132. The number of hydrogen-bond donors (Lipinski definition) is 1. The summed E-state index contributed by atoms with van der Waals surface area (Å²) < 4.78 is 7.04. The van der Waals surface area contributed by atoms with Crippen molar-refractivity contribution in [3.63, 3.8) is 0 Å². The third kappa shape index (κ3) is 3.17. The lowest BCUT2D eigenvalue weighted by atomic mass is 10.3. The van der Waals surface area contributed by atoms with E-state index in [-0.39, 0.29) is 12.5 Å². The second-order valence-electron chi connectivity index (χ2n) is 4.19. The van der Waals surface area contributed by atoms with Crippen LogP contribution < -0.4 is 10.5 Å². The Morgan fingerprint density at radius 3 is 2.39 bits per heavy atom. The van der Waals surface area contributed by atoms with Crippen LogP contribution in [0.4, 0.5) is 5.69 Å². The number of nitrogens with two attached hydrogens (primary N) is 1. The quantitative estimate of drug-likeness (QED) is 0.824. The van der Waals surface area contributed by atoms with E-state index in [9.17, 15) is 4.79 Å². The minimum absolute atomic E-state index is 0.0307. The van der Waals surface area contributed by atoms with E-state index in [0.29, 0.717) is 11.4 Å². The number of halogens is 2. The zero-order valence-corrected chi connectivity index (χ0v) is 13.0. The summed E-state index contributed by atoms with van der Waals surface area (Å²) in [6.07, 6.45) is 2.17. The first-order valence-electron chi connectivity index (χ1n) is 5.73. The van der Waals surface area contributed by atoms with Gasteiger partial charge in [-0.3, -0.25) is 4.79 Å². The zero-order chi connectivity index (χ0) is 13.1. The predicted molar refractivity (Wildman–Crippen MR) is 77.6 cm³/mol. The van der Waals surface area contributed by atoms with Crippen molar-refractivity contribution >= 4 is 43.5 Å². The number of amides is 1. The van der Waals surface area contributed by atoms with Gasteiger partial charge < -0.3 is 15.4 Å². The summed E-state index contributed by atoms with van der Waals surface area (Å²) in [5, 5.41) is 0. The third-order valence-corrected chi connectivity index (χ3v) is 4.00. The molecule has 0 unspecified atom stereocenters. The van der Waals surface area contributed by atoms with E-state index in [1.807, 2.05) is 4.90 Å². The summed E-state index contributed by atoms with van der Waals surface area (Å²) in [5.74, 6) is 0.639. The molecular formula is C12H14Br2N2O2. The maximum absolute atomic E-state index is 11.9. The molecule has 98 valence electrons. The van der Waals surface area contributed by atoms with Crippen molar-refractivity contribution in [3.8, 4) is 5.75 Å². The van der Waals surface area contributed by atoms with Gasteiger partial charge in [0.1, 0.15) is 5.75 Å². The second-order valence-corrected chi connectivity index (χ2v) is 5.90. The van der Waals surface area contributed by atoms with Crippen molar-refractivity contribution < 1.29 is 9.53 Å². The number of ether oxygens (including phenoxy) is 1. The Morgan fingerprint density at radius 1 is 1.28 bits per heavy atom. The molecule has 1 aromatic carbocycles. The van der Waals surface area contributed by atoms with E-state index < -0.39 is 0 Å². The molecule has 6 heteroatoms. The average molecular weight is 378 g/mol. The highest BCUT2D eigenvalue weighted by molar-refractivity contribution is 9.11. The van der Waals surface area contributed by atoms with Gasteiger partial charge in [0, 0.05) is 18.8 Å². The smallest absolute Gasteiger partial charge is 0.260 e. The fourth-order valence-corrected chi connectivity index (χ4v) is 3.36. The summed E-state index contributed by atoms with van der Waals surface area (Å²) in [4.78, 5) is 13.7. The number of benzene rings is 1. The normalized spacial score (nSPS) is 14.9. The van der Waals surface area contributed by atoms with Crippen LogP contribution in [0.25, 0.3) is 0 Å². The molecule has 2 rings (SSSR count). The van der Waals surface area contributed by atoms with E-state index in [2.05, 4.69) is 31.9 Å². The molecule has 0 radical (unpaired) electrons. The molecule has 1 heterocycles. The Kier molecular flexibility index (Phi) is 4.50. The van der Waals surface area contributed by atoms with Gasteiger partial charge in [-0.15, -0.1) is 0 Å². The van der Waals surface area contributed by atoms with Crippen LogP contribution in [0.5, 0.6) is 5.75 Å². The monoisotopic (exact) mass is 376 g/mol. The van der Waals surface area contributed by atoms with Gasteiger partial charge in [-0.05, 0) is 56.8 Å². The van der Waals surface area contributed by atoms with Crippen molar-refractivity contribution in [2.75, 3.05) is 25.4 Å². The van der Waals surface area contributed by atoms with Gasteiger partial charge in [-0.25, -0.2) is 0 Å². The molecular weight excluding hydrogens is 364 g/mol. The van der Waals surface area contributed by atoms with Crippen LogP contribution in [0.2, 0.25) is 0 Å². The lowest BCUT2D eigenvalue weighted by Gasteiger charge is -2.16. The molecule has 4 nitrogen and oxygen atoms in total. The lowest BCUT2D eigenvalue weighted by Crippen LogP contribution is -2.32. The molecule has 0 aromatic heterocycles. The standard InChI is InChI=1S/C12H14Br2N2O2/c13-9-5-8(15)6-10(14)12(9)18-7-11(17)16-3-1-2-4-16/h5-6H,1-4,7,15H2. The van der Waals surface area contributed by atoms with Gasteiger partial charge in [0.15, 0.2) is 6.61 Å². The number of anilines is 1. The molecule has 0 aliphatic carbocycles. The van der Waals surface area contributed by atoms with Crippen LogP contribution in [0, 0.1) is 0 Å². The van der Waals surface area contributed by atoms with Gasteiger partial charge >= 0.3 is 0 Å². The van der Waals surface area contributed by atoms with E-state index in [0.717, 1.165) is 34.9 Å². The maximum atomic E-state index is 11.9. The largest absolute Gasteiger partial charge is 0.481 e. The SMILES string of the molecule is Nc1cc(Br)c(OCC(=O)N2CCCC2)c(Br)c1. The summed E-state index contributed by atoms with van der Waals surface area (Å²) in [6.45, 7) is 1.74. The fraction of sp³-hybridized carbons (Fsp3) is 0.417. The summed E-state index contributed by atoms with van der Waals surface area (Å²) in [6, 6.07) is 3.50. The highest BCUT2D eigenvalue weighted by Gasteiger charge is 2.19. The third-order valence-electron chi connectivity index (χ3n) is 2.82. The van der Waals surface area contributed by atoms with Crippen LogP contribution in [0.3, 0.4) is 0 Å². The van der Waals surface area contributed by atoms with Crippen molar-refractivity contribution in [2.24, 2.45) is 0 Å². The zero-order valence-electron chi connectivity index (χ0n) is 9.79. The van der Waals surface area contributed by atoms with Gasteiger partial charge in [-0.2, -0.15) is 0 Å². The second kappa shape index (κ2) is 5.93. The van der Waals surface area contributed by atoms with Crippen molar-refractivity contribution in [3.05, 3.63) is 21.1 Å². The topological polar surface area (TPSA) is 55.6 Å². The highest BCUT2D eigenvalue weighted by atomic mass is 79.9. The van der Waals surface area contributed by atoms with Gasteiger partial charge in [0.25, 0.3) is 5.91 Å². The van der Waals surface area contributed by atoms with Gasteiger partial charge in [0.05, 0.1) is 8.95 Å². The molecule has 18 heavy (non-hydrogen) atoms. The molecule has 0 saturated carbocycles. The molecule has 1 aromatic rings. The Morgan fingerprint density at radius 2 is 1.83 bits per heavy atom. The predicted octanol–water partition coefficient (Wildman–Crippen LogP) is 2.80. The van der Waals surface area contributed by atoms with Crippen molar-refractivity contribution in [2.45, 2.75) is 12.8 Å². The molecule has 1 saturated heterocycles. The van der Waals surface area contributed by atoms with Crippen LogP contribution in [0.1, 0.15) is 12.8 Å². The van der Waals surface area contributed by atoms with E-state index in [1.165, 1.54) is 0 Å². The molecule has 1 amide bonds. The minimum atomic E-state index is 0.0307. The Labute approximate surface area is 123 Å². The Bertz CT molecular complexity index is 436. The number of carbonyl (C=O) groups is 1. The number of nitrogens with zero attached hydrogens (tertiary/aromatic N) is 1. The van der Waals surface area contributed by atoms with Gasteiger partial charge in [-0.1, -0.05) is 0 Å². The fourth-order valence-electron chi connectivity index (χ4n) is 1.91.